The fourth-order valence-electron chi connectivity index (χ4n) is 4.00. The molecule has 2 aromatic rings. The van der Waals surface area contributed by atoms with Crippen LogP contribution in [0.5, 0.6) is 0 Å². The van der Waals surface area contributed by atoms with E-state index in [-0.39, 0.29) is 5.92 Å². The lowest BCUT2D eigenvalue weighted by Crippen LogP contribution is -2.50. The predicted molar refractivity (Wildman–Crippen MR) is 92.4 cm³/mol. The number of fused-ring (bicyclic) bond motifs is 1. The van der Waals surface area contributed by atoms with Crippen molar-refractivity contribution >= 4 is 16.9 Å². The van der Waals surface area contributed by atoms with E-state index in [2.05, 4.69) is 21.0 Å². The SMILES string of the molecule is O=C(C1CCCCC1)N1CCN(Cc2noc3ccccc23)CC1. The van der Waals surface area contributed by atoms with Gasteiger partial charge in [-0.1, -0.05) is 36.6 Å². The molecule has 128 valence electrons. The molecule has 1 amide bonds. The Morgan fingerprint density at radius 3 is 2.62 bits per heavy atom. The number of benzene rings is 1. The minimum absolute atomic E-state index is 0.282. The minimum Gasteiger partial charge on any atom is -0.356 e. The third-order valence-corrected chi connectivity index (χ3v) is 5.46. The Morgan fingerprint density at radius 1 is 1.08 bits per heavy atom. The molecule has 1 saturated heterocycles. The van der Waals surface area contributed by atoms with Gasteiger partial charge in [0.05, 0.1) is 0 Å². The molecule has 1 aromatic carbocycles. The van der Waals surface area contributed by atoms with Crippen LogP contribution in [0, 0.1) is 5.92 Å². The second kappa shape index (κ2) is 6.93. The Kier molecular flexibility index (Phi) is 4.52. The Morgan fingerprint density at radius 2 is 1.83 bits per heavy atom. The summed E-state index contributed by atoms with van der Waals surface area (Å²) in [6.07, 6.45) is 5.91. The van der Waals surface area contributed by atoms with Crippen molar-refractivity contribution < 1.29 is 9.32 Å². The van der Waals surface area contributed by atoms with Gasteiger partial charge in [-0.2, -0.15) is 0 Å². The van der Waals surface area contributed by atoms with Crippen LogP contribution in [0.2, 0.25) is 0 Å². The maximum Gasteiger partial charge on any atom is 0.225 e. The number of carbonyl (C=O) groups excluding carboxylic acids is 1. The van der Waals surface area contributed by atoms with Crippen molar-refractivity contribution in [3.8, 4) is 0 Å². The first-order chi connectivity index (χ1) is 11.8. The highest BCUT2D eigenvalue weighted by Crippen LogP contribution is 2.26. The van der Waals surface area contributed by atoms with Gasteiger partial charge in [0, 0.05) is 44.0 Å². The molecule has 5 heteroatoms. The number of para-hydroxylation sites is 1. The molecule has 1 aliphatic carbocycles. The summed E-state index contributed by atoms with van der Waals surface area (Å²) in [4.78, 5) is 17.1. The molecule has 0 bridgehead atoms. The highest BCUT2D eigenvalue weighted by Gasteiger charge is 2.28. The number of nitrogens with zero attached hydrogens (tertiary/aromatic N) is 3. The van der Waals surface area contributed by atoms with E-state index in [0.29, 0.717) is 5.91 Å². The Labute approximate surface area is 142 Å². The van der Waals surface area contributed by atoms with Crippen LogP contribution in [0.1, 0.15) is 37.8 Å². The van der Waals surface area contributed by atoms with Crippen LogP contribution in [0.25, 0.3) is 11.0 Å². The molecule has 2 aliphatic rings. The third-order valence-electron chi connectivity index (χ3n) is 5.46. The molecule has 0 N–H and O–H groups in total. The van der Waals surface area contributed by atoms with Gasteiger partial charge in [0.2, 0.25) is 5.91 Å². The molecule has 0 radical (unpaired) electrons. The molecule has 0 atom stereocenters. The summed E-state index contributed by atoms with van der Waals surface area (Å²) in [7, 11) is 0. The monoisotopic (exact) mass is 327 g/mol. The van der Waals surface area contributed by atoms with Gasteiger partial charge < -0.3 is 9.42 Å². The van der Waals surface area contributed by atoms with Gasteiger partial charge in [-0.3, -0.25) is 9.69 Å². The van der Waals surface area contributed by atoms with Crippen LogP contribution in [0.3, 0.4) is 0 Å². The molecular formula is C19H25N3O2. The number of hydrogen-bond donors (Lipinski definition) is 0. The number of hydrogen-bond acceptors (Lipinski definition) is 4. The maximum atomic E-state index is 12.6. The summed E-state index contributed by atoms with van der Waals surface area (Å²) >= 11 is 0. The average molecular weight is 327 g/mol. The van der Waals surface area contributed by atoms with Crippen molar-refractivity contribution in [2.45, 2.75) is 38.6 Å². The summed E-state index contributed by atoms with van der Waals surface area (Å²) in [5, 5.41) is 5.32. The van der Waals surface area contributed by atoms with Crippen molar-refractivity contribution in [3.05, 3.63) is 30.0 Å². The molecular weight excluding hydrogens is 302 g/mol. The molecule has 2 heterocycles. The molecule has 1 aliphatic heterocycles. The lowest BCUT2D eigenvalue weighted by Gasteiger charge is -2.36. The normalized spacial score (nSPS) is 20.6. The van der Waals surface area contributed by atoms with Gasteiger partial charge in [0.1, 0.15) is 5.69 Å². The summed E-state index contributed by atoms with van der Waals surface area (Å²) in [5.74, 6) is 0.672. The third kappa shape index (κ3) is 3.18. The Balaban J connectivity index is 1.33. The lowest BCUT2D eigenvalue weighted by atomic mass is 9.88. The number of rotatable bonds is 3. The van der Waals surface area contributed by atoms with Crippen molar-refractivity contribution in [3.63, 3.8) is 0 Å². The summed E-state index contributed by atoms with van der Waals surface area (Å²) < 4.78 is 5.39. The van der Waals surface area contributed by atoms with E-state index in [1.165, 1.54) is 19.3 Å². The van der Waals surface area contributed by atoms with Gasteiger partial charge in [-0.15, -0.1) is 0 Å². The second-order valence-electron chi connectivity index (χ2n) is 7.06. The van der Waals surface area contributed by atoms with Gasteiger partial charge in [0.15, 0.2) is 5.58 Å². The smallest absolute Gasteiger partial charge is 0.225 e. The molecule has 4 rings (SSSR count). The quantitative estimate of drug-likeness (QED) is 0.869. The fraction of sp³-hybridized carbons (Fsp3) is 0.579. The van der Waals surface area contributed by atoms with Crippen LogP contribution in [0.4, 0.5) is 0 Å². The standard InChI is InChI=1S/C19H25N3O2/c23-19(15-6-2-1-3-7-15)22-12-10-21(11-13-22)14-17-16-8-4-5-9-18(16)24-20-17/h4-5,8-9,15H,1-3,6-7,10-14H2. The average Bonchev–Trinajstić information content (AvgIpc) is 3.06. The van der Waals surface area contributed by atoms with Crippen molar-refractivity contribution in [2.24, 2.45) is 5.92 Å². The highest BCUT2D eigenvalue weighted by atomic mass is 16.5. The van der Waals surface area contributed by atoms with Crippen LogP contribution in [-0.4, -0.2) is 47.0 Å². The molecule has 24 heavy (non-hydrogen) atoms. The van der Waals surface area contributed by atoms with Gasteiger partial charge >= 0.3 is 0 Å². The number of amides is 1. The zero-order valence-corrected chi connectivity index (χ0v) is 14.1. The minimum atomic E-state index is 0.282. The molecule has 0 spiro atoms. The van der Waals surface area contributed by atoms with E-state index < -0.39 is 0 Å². The Hall–Kier alpha value is -1.88. The zero-order chi connectivity index (χ0) is 16.4. The Bertz CT molecular complexity index is 697. The first-order valence-corrected chi connectivity index (χ1v) is 9.16. The topological polar surface area (TPSA) is 49.6 Å². The van der Waals surface area contributed by atoms with E-state index in [1.54, 1.807) is 0 Å². The summed E-state index contributed by atoms with van der Waals surface area (Å²) in [6, 6.07) is 7.99. The van der Waals surface area contributed by atoms with Gasteiger partial charge in [-0.05, 0) is 25.0 Å². The second-order valence-corrected chi connectivity index (χ2v) is 7.06. The van der Waals surface area contributed by atoms with Gasteiger partial charge in [-0.25, -0.2) is 0 Å². The van der Waals surface area contributed by atoms with E-state index in [1.807, 2.05) is 18.2 Å². The number of aromatic nitrogens is 1. The molecule has 1 aromatic heterocycles. The number of carbonyl (C=O) groups is 1. The first kappa shape index (κ1) is 15.6. The molecule has 1 saturated carbocycles. The molecule has 5 nitrogen and oxygen atoms in total. The maximum absolute atomic E-state index is 12.6. The zero-order valence-electron chi connectivity index (χ0n) is 14.1. The molecule has 0 unspecified atom stereocenters. The lowest BCUT2D eigenvalue weighted by molar-refractivity contribution is -0.138. The highest BCUT2D eigenvalue weighted by molar-refractivity contribution is 5.79. The predicted octanol–water partition coefficient (Wildman–Crippen LogP) is 3.05. The fourth-order valence-corrected chi connectivity index (χ4v) is 4.00. The van der Waals surface area contributed by atoms with Crippen LogP contribution in [0.15, 0.2) is 28.8 Å². The van der Waals surface area contributed by atoms with E-state index >= 15 is 0 Å². The van der Waals surface area contributed by atoms with Crippen molar-refractivity contribution in [1.29, 1.82) is 0 Å². The largest absolute Gasteiger partial charge is 0.356 e. The number of piperazine rings is 1. The first-order valence-electron chi connectivity index (χ1n) is 9.16. The van der Waals surface area contributed by atoms with Gasteiger partial charge in [0.25, 0.3) is 0 Å². The summed E-state index contributed by atoms with van der Waals surface area (Å²) in [5.41, 5.74) is 1.84. The van der Waals surface area contributed by atoms with E-state index in [4.69, 9.17) is 4.52 Å². The van der Waals surface area contributed by atoms with E-state index in [0.717, 1.165) is 62.2 Å². The molecule has 2 fully saturated rings. The van der Waals surface area contributed by atoms with Crippen molar-refractivity contribution in [1.82, 2.24) is 15.0 Å². The van der Waals surface area contributed by atoms with Crippen LogP contribution >= 0.6 is 0 Å². The summed E-state index contributed by atoms with van der Waals surface area (Å²) in [6.45, 7) is 4.30. The van der Waals surface area contributed by atoms with Crippen molar-refractivity contribution in [2.75, 3.05) is 26.2 Å². The van der Waals surface area contributed by atoms with E-state index in [9.17, 15) is 4.79 Å². The van der Waals surface area contributed by atoms with Crippen LogP contribution in [-0.2, 0) is 11.3 Å². The van der Waals surface area contributed by atoms with Crippen LogP contribution < -0.4 is 0 Å².